The van der Waals surface area contributed by atoms with Gasteiger partial charge in [0.15, 0.2) is 0 Å². The van der Waals surface area contributed by atoms with Gasteiger partial charge in [0.2, 0.25) is 0 Å². The summed E-state index contributed by atoms with van der Waals surface area (Å²) < 4.78 is 12.7. The number of nitriles is 1. The van der Waals surface area contributed by atoms with E-state index in [4.69, 9.17) is 9.15 Å². The maximum atomic E-state index is 13.0. The zero-order chi connectivity index (χ0) is 20.5. The van der Waals surface area contributed by atoms with Crippen LogP contribution in [0.2, 0.25) is 0 Å². The van der Waals surface area contributed by atoms with Gasteiger partial charge in [-0.15, -0.1) is 0 Å². The zero-order valence-corrected chi connectivity index (χ0v) is 16.2. The van der Waals surface area contributed by atoms with E-state index in [1.165, 1.54) is 0 Å². The van der Waals surface area contributed by atoms with E-state index in [0.29, 0.717) is 43.2 Å². The molecule has 0 aliphatic carbocycles. The largest absolute Gasteiger partial charge is 0.464 e. The van der Waals surface area contributed by atoms with Crippen molar-refractivity contribution < 1.29 is 13.9 Å². The molecule has 0 unspecified atom stereocenters. The maximum absolute atomic E-state index is 13.0. The summed E-state index contributed by atoms with van der Waals surface area (Å²) in [7, 11) is 0. The maximum Gasteiger partial charge on any atom is 0.272 e. The van der Waals surface area contributed by atoms with Crippen LogP contribution in [-0.4, -0.2) is 51.9 Å². The topological polar surface area (TPSA) is 97.2 Å². The Bertz CT molecular complexity index is 1280. The highest BCUT2D eigenvalue weighted by molar-refractivity contribution is 6.03. The van der Waals surface area contributed by atoms with Crippen LogP contribution in [0, 0.1) is 11.3 Å². The monoisotopic (exact) mass is 401 g/mol. The van der Waals surface area contributed by atoms with E-state index < -0.39 is 0 Å². The van der Waals surface area contributed by atoms with Crippen LogP contribution in [-0.2, 0) is 11.3 Å². The van der Waals surface area contributed by atoms with Crippen molar-refractivity contribution in [2.24, 2.45) is 0 Å². The molecule has 1 aromatic carbocycles. The first-order valence-electron chi connectivity index (χ1n) is 9.83. The first-order chi connectivity index (χ1) is 14.8. The van der Waals surface area contributed by atoms with Crippen LogP contribution in [0.3, 0.4) is 0 Å². The lowest BCUT2D eigenvalue weighted by molar-refractivity contribution is 0.0735. The van der Waals surface area contributed by atoms with E-state index in [1.54, 1.807) is 28.1 Å². The second-order valence-electron chi connectivity index (χ2n) is 7.15. The highest BCUT2D eigenvalue weighted by atomic mass is 16.5. The molecule has 0 radical (unpaired) electrons. The number of hydrogen-bond donors (Lipinski definition) is 0. The number of para-hydroxylation sites is 1. The number of carbonyl (C=O) groups is 1. The molecule has 0 bridgehead atoms. The Kier molecular flexibility index (Phi) is 4.65. The van der Waals surface area contributed by atoms with Crippen LogP contribution < -0.4 is 0 Å². The Balaban J connectivity index is 1.61. The molecule has 4 heterocycles. The van der Waals surface area contributed by atoms with Crippen molar-refractivity contribution >= 4 is 27.8 Å². The Morgan fingerprint density at radius 3 is 3.00 bits per heavy atom. The van der Waals surface area contributed by atoms with Crippen LogP contribution in [0.15, 0.2) is 47.2 Å². The SMILES string of the molecule is N#CCn1nc(-c2coc3ccccc23)c2cnc(C(=O)N3CCCOCC3)cc21. The molecule has 150 valence electrons. The van der Waals surface area contributed by atoms with Crippen molar-refractivity contribution in [2.45, 2.75) is 13.0 Å². The molecule has 1 amide bonds. The molecule has 0 atom stereocenters. The first kappa shape index (κ1) is 18.3. The Morgan fingerprint density at radius 2 is 2.10 bits per heavy atom. The fourth-order valence-corrected chi connectivity index (χ4v) is 3.84. The van der Waals surface area contributed by atoms with Gasteiger partial charge < -0.3 is 14.1 Å². The fourth-order valence-electron chi connectivity index (χ4n) is 3.84. The third-order valence-electron chi connectivity index (χ3n) is 5.32. The van der Waals surface area contributed by atoms with E-state index in [0.717, 1.165) is 28.3 Å². The number of hydrogen-bond acceptors (Lipinski definition) is 6. The zero-order valence-electron chi connectivity index (χ0n) is 16.2. The van der Waals surface area contributed by atoms with Gasteiger partial charge in [-0.3, -0.25) is 9.78 Å². The van der Waals surface area contributed by atoms with Gasteiger partial charge in [0.05, 0.1) is 18.2 Å². The number of aromatic nitrogens is 3. The normalized spacial score (nSPS) is 14.7. The van der Waals surface area contributed by atoms with Gasteiger partial charge in [0, 0.05) is 42.2 Å². The second-order valence-corrected chi connectivity index (χ2v) is 7.15. The fraction of sp³-hybridized carbons (Fsp3) is 0.273. The lowest BCUT2D eigenvalue weighted by Crippen LogP contribution is -2.33. The summed E-state index contributed by atoms with van der Waals surface area (Å²) in [5.41, 5.74) is 3.31. The summed E-state index contributed by atoms with van der Waals surface area (Å²) in [6.45, 7) is 2.44. The molecule has 1 saturated heterocycles. The minimum atomic E-state index is -0.137. The highest BCUT2D eigenvalue weighted by Gasteiger charge is 2.22. The number of carbonyl (C=O) groups excluding carboxylic acids is 1. The minimum absolute atomic E-state index is 0.0709. The summed E-state index contributed by atoms with van der Waals surface area (Å²) >= 11 is 0. The van der Waals surface area contributed by atoms with Gasteiger partial charge in [-0.2, -0.15) is 10.4 Å². The highest BCUT2D eigenvalue weighted by Crippen LogP contribution is 2.34. The van der Waals surface area contributed by atoms with E-state index in [1.807, 2.05) is 24.3 Å². The van der Waals surface area contributed by atoms with E-state index in [2.05, 4.69) is 16.2 Å². The average molecular weight is 401 g/mol. The molecule has 8 nitrogen and oxygen atoms in total. The first-order valence-corrected chi connectivity index (χ1v) is 9.83. The number of furan rings is 1. The number of amides is 1. The van der Waals surface area contributed by atoms with Crippen molar-refractivity contribution in [2.75, 3.05) is 26.3 Å². The van der Waals surface area contributed by atoms with Gasteiger partial charge in [-0.25, -0.2) is 4.68 Å². The Hall–Kier alpha value is -3.70. The van der Waals surface area contributed by atoms with Crippen molar-refractivity contribution in [1.29, 1.82) is 5.26 Å². The molecule has 1 aliphatic rings. The molecular weight excluding hydrogens is 382 g/mol. The molecule has 0 saturated carbocycles. The minimum Gasteiger partial charge on any atom is -0.464 e. The lowest BCUT2D eigenvalue weighted by Gasteiger charge is -2.19. The molecule has 5 rings (SSSR count). The summed E-state index contributed by atoms with van der Waals surface area (Å²) in [5.74, 6) is -0.137. The third-order valence-corrected chi connectivity index (χ3v) is 5.32. The number of ether oxygens (including phenoxy) is 1. The third kappa shape index (κ3) is 3.09. The van der Waals surface area contributed by atoms with E-state index >= 15 is 0 Å². The summed E-state index contributed by atoms with van der Waals surface area (Å²) in [6.07, 6.45) is 4.13. The smallest absolute Gasteiger partial charge is 0.272 e. The Labute approximate surface area is 172 Å². The van der Waals surface area contributed by atoms with Crippen LogP contribution in [0.4, 0.5) is 0 Å². The van der Waals surface area contributed by atoms with Crippen molar-refractivity contribution in [3.63, 3.8) is 0 Å². The van der Waals surface area contributed by atoms with Crippen LogP contribution in [0.5, 0.6) is 0 Å². The van der Waals surface area contributed by atoms with Crippen LogP contribution in [0.25, 0.3) is 33.1 Å². The molecule has 3 aromatic heterocycles. The standard InChI is InChI=1S/C22H19N5O3/c23-6-8-27-19-12-18(22(28)26-7-3-10-29-11-9-26)24-13-16(19)21(25-27)17-14-30-20-5-2-1-4-15(17)20/h1-2,4-5,12-14H,3,7-11H2. The van der Waals surface area contributed by atoms with Crippen molar-refractivity contribution in [3.8, 4) is 17.3 Å². The van der Waals surface area contributed by atoms with Crippen LogP contribution >= 0.6 is 0 Å². The molecule has 1 fully saturated rings. The Morgan fingerprint density at radius 1 is 1.20 bits per heavy atom. The molecule has 4 aromatic rings. The lowest BCUT2D eigenvalue weighted by atomic mass is 10.1. The molecule has 30 heavy (non-hydrogen) atoms. The number of nitrogens with zero attached hydrogens (tertiary/aromatic N) is 5. The summed E-state index contributed by atoms with van der Waals surface area (Å²) in [4.78, 5) is 19.2. The molecule has 0 spiro atoms. The molecule has 0 N–H and O–H groups in total. The average Bonchev–Trinajstić information content (AvgIpc) is 3.23. The number of fused-ring (bicyclic) bond motifs is 2. The second kappa shape index (κ2) is 7.61. The number of pyridine rings is 1. The number of benzene rings is 1. The van der Waals surface area contributed by atoms with Crippen LogP contribution in [0.1, 0.15) is 16.9 Å². The van der Waals surface area contributed by atoms with Gasteiger partial charge in [-0.1, -0.05) is 18.2 Å². The number of rotatable bonds is 3. The summed E-state index contributed by atoms with van der Waals surface area (Å²) in [5, 5.41) is 15.6. The van der Waals surface area contributed by atoms with Crippen molar-refractivity contribution in [3.05, 3.63) is 48.5 Å². The quantitative estimate of drug-likeness (QED) is 0.523. The van der Waals surface area contributed by atoms with Gasteiger partial charge in [0.1, 0.15) is 29.8 Å². The summed E-state index contributed by atoms with van der Waals surface area (Å²) in [6, 6.07) is 11.6. The van der Waals surface area contributed by atoms with E-state index in [-0.39, 0.29) is 12.5 Å². The predicted molar refractivity (Wildman–Crippen MR) is 110 cm³/mol. The molecular formula is C22H19N5O3. The van der Waals surface area contributed by atoms with E-state index in [9.17, 15) is 10.1 Å². The predicted octanol–water partition coefficient (Wildman–Crippen LogP) is 3.23. The molecule has 8 heteroatoms. The van der Waals surface area contributed by atoms with Gasteiger partial charge >= 0.3 is 0 Å². The van der Waals surface area contributed by atoms with Gasteiger partial charge in [-0.05, 0) is 18.6 Å². The van der Waals surface area contributed by atoms with Crippen molar-refractivity contribution in [1.82, 2.24) is 19.7 Å². The van der Waals surface area contributed by atoms with Gasteiger partial charge in [0.25, 0.3) is 5.91 Å². The molecule has 1 aliphatic heterocycles.